The molecule has 7 nitrogen and oxygen atoms in total. The van der Waals surface area contributed by atoms with Gasteiger partial charge in [0.15, 0.2) is 12.2 Å². The van der Waals surface area contributed by atoms with E-state index in [4.69, 9.17) is 18.9 Å². The maximum Gasteiger partial charge on any atom is 0.348 e. The second kappa shape index (κ2) is 15.6. The third kappa shape index (κ3) is 9.72. The van der Waals surface area contributed by atoms with Crippen LogP contribution in [0, 0.1) is 0 Å². The highest BCUT2D eigenvalue weighted by Gasteiger charge is 2.25. The molecule has 36 heavy (non-hydrogen) atoms. The standard InChI is InChI=1S/C29H38O7/c1-5-7-8-9-10-11-20-34-26-18-16-24(17-19-26)23-12-14-25(15-13-23)29(32)36-22(4)28(31)35-21(3)27(30)33-6-2/h12-19,21-22H,5-11,20H2,1-4H3/t21-,22+/m1/s1. The molecule has 0 fully saturated rings. The lowest BCUT2D eigenvalue weighted by molar-refractivity contribution is -0.171. The molecule has 0 aliphatic rings. The lowest BCUT2D eigenvalue weighted by Crippen LogP contribution is -2.33. The van der Waals surface area contributed by atoms with Crippen molar-refractivity contribution in [2.24, 2.45) is 0 Å². The van der Waals surface area contributed by atoms with E-state index in [-0.39, 0.29) is 6.61 Å². The Morgan fingerprint density at radius 3 is 1.86 bits per heavy atom. The van der Waals surface area contributed by atoms with Crippen LogP contribution in [-0.4, -0.2) is 43.3 Å². The smallest absolute Gasteiger partial charge is 0.348 e. The van der Waals surface area contributed by atoms with Crippen LogP contribution in [0.15, 0.2) is 48.5 Å². The van der Waals surface area contributed by atoms with E-state index in [0.29, 0.717) is 5.56 Å². The van der Waals surface area contributed by atoms with E-state index in [1.165, 1.54) is 46.0 Å². The van der Waals surface area contributed by atoms with Crippen molar-refractivity contribution in [3.8, 4) is 16.9 Å². The normalized spacial score (nSPS) is 12.3. The van der Waals surface area contributed by atoms with Crippen molar-refractivity contribution in [1.82, 2.24) is 0 Å². The zero-order valence-corrected chi connectivity index (χ0v) is 21.8. The maximum atomic E-state index is 12.4. The Bertz CT molecular complexity index is 951. The second-order valence-electron chi connectivity index (χ2n) is 8.60. The van der Waals surface area contributed by atoms with Crippen LogP contribution < -0.4 is 4.74 Å². The molecule has 2 atom stereocenters. The highest BCUT2D eigenvalue weighted by Crippen LogP contribution is 2.23. The number of ether oxygens (including phenoxy) is 4. The molecule has 0 aromatic heterocycles. The molecule has 0 amide bonds. The van der Waals surface area contributed by atoms with Crippen molar-refractivity contribution in [2.75, 3.05) is 13.2 Å². The fourth-order valence-corrected chi connectivity index (χ4v) is 3.47. The summed E-state index contributed by atoms with van der Waals surface area (Å²) in [5.41, 5.74) is 2.23. The van der Waals surface area contributed by atoms with Gasteiger partial charge < -0.3 is 18.9 Å². The van der Waals surface area contributed by atoms with Gasteiger partial charge in [0.1, 0.15) is 5.75 Å². The molecular weight excluding hydrogens is 460 g/mol. The van der Waals surface area contributed by atoms with Crippen molar-refractivity contribution < 1.29 is 33.3 Å². The SMILES string of the molecule is CCCCCCCCOc1ccc(-c2ccc(C(=O)O[C@@H](C)C(=O)O[C@H](C)C(=O)OCC)cc2)cc1. The van der Waals surface area contributed by atoms with Gasteiger partial charge >= 0.3 is 17.9 Å². The van der Waals surface area contributed by atoms with Crippen molar-refractivity contribution in [3.63, 3.8) is 0 Å². The average Bonchev–Trinajstić information content (AvgIpc) is 2.88. The summed E-state index contributed by atoms with van der Waals surface area (Å²) >= 11 is 0. The van der Waals surface area contributed by atoms with Gasteiger partial charge in [-0.25, -0.2) is 14.4 Å². The van der Waals surface area contributed by atoms with Crippen molar-refractivity contribution in [3.05, 3.63) is 54.1 Å². The minimum Gasteiger partial charge on any atom is -0.494 e. The van der Waals surface area contributed by atoms with Gasteiger partial charge in [0.2, 0.25) is 0 Å². The molecule has 0 saturated carbocycles. The number of carbonyl (C=O) groups is 3. The first-order valence-corrected chi connectivity index (χ1v) is 12.8. The van der Waals surface area contributed by atoms with Crippen LogP contribution in [0.1, 0.15) is 76.6 Å². The lowest BCUT2D eigenvalue weighted by atomic mass is 10.0. The zero-order valence-electron chi connectivity index (χ0n) is 21.8. The molecule has 0 heterocycles. The maximum absolute atomic E-state index is 12.4. The molecule has 196 valence electrons. The predicted octanol–water partition coefficient (Wildman–Crippen LogP) is 6.13. The number of rotatable bonds is 15. The van der Waals surface area contributed by atoms with Gasteiger partial charge in [0.05, 0.1) is 18.8 Å². The molecule has 0 unspecified atom stereocenters. The van der Waals surface area contributed by atoms with E-state index in [9.17, 15) is 14.4 Å². The summed E-state index contributed by atoms with van der Waals surface area (Å²) in [6, 6.07) is 14.8. The quantitative estimate of drug-likeness (QED) is 0.166. The van der Waals surface area contributed by atoms with Gasteiger partial charge in [-0.1, -0.05) is 63.3 Å². The molecule has 0 spiro atoms. The van der Waals surface area contributed by atoms with E-state index in [1.54, 1.807) is 19.1 Å². The van der Waals surface area contributed by atoms with E-state index < -0.39 is 30.1 Å². The van der Waals surface area contributed by atoms with Crippen LogP contribution in [0.5, 0.6) is 5.75 Å². The third-order valence-electron chi connectivity index (χ3n) is 5.60. The molecule has 7 heteroatoms. The summed E-state index contributed by atoms with van der Waals surface area (Å²) in [6.45, 7) is 7.56. The molecule has 0 aliphatic heterocycles. The Morgan fingerprint density at radius 1 is 0.694 bits per heavy atom. The lowest BCUT2D eigenvalue weighted by Gasteiger charge is -2.16. The molecule has 0 bridgehead atoms. The summed E-state index contributed by atoms with van der Waals surface area (Å²) in [7, 11) is 0. The van der Waals surface area contributed by atoms with Crippen LogP contribution in [0.25, 0.3) is 11.1 Å². The van der Waals surface area contributed by atoms with Crippen LogP contribution in [0.3, 0.4) is 0 Å². The molecule has 0 N–H and O–H groups in total. The van der Waals surface area contributed by atoms with Crippen molar-refractivity contribution >= 4 is 17.9 Å². The Hall–Kier alpha value is -3.35. The van der Waals surface area contributed by atoms with Crippen LogP contribution in [-0.2, 0) is 23.8 Å². The summed E-state index contributed by atoms with van der Waals surface area (Å²) < 4.78 is 20.8. The third-order valence-corrected chi connectivity index (χ3v) is 5.60. The van der Waals surface area contributed by atoms with Gasteiger partial charge in [-0.15, -0.1) is 0 Å². The molecule has 2 aromatic rings. The number of benzene rings is 2. The number of carbonyl (C=O) groups excluding carboxylic acids is 3. The molecule has 0 saturated heterocycles. The minimum atomic E-state index is -1.17. The number of unbranched alkanes of at least 4 members (excludes halogenated alkanes) is 5. The summed E-state index contributed by atoms with van der Waals surface area (Å²) in [6.07, 6.45) is 5.12. The van der Waals surface area contributed by atoms with Crippen molar-refractivity contribution in [1.29, 1.82) is 0 Å². The monoisotopic (exact) mass is 498 g/mol. The fourth-order valence-electron chi connectivity index (χ4n) is 3.47. The van der Waals surface area contributed by atoms with E-state index in [2.05, 4.69) is 6.92 Å². The first-order chi connectivity index (χ1) is 17.3. The average molecular weight is 499 g/mol. The van der Waals surface area contributed by atoms with Gasteiger partial charge in [-0.2, -0.15) is 0 Å². The summed E-state index contributed by atoms with van der Waals surface area (Å²) in [5, 5.41) is 0. The molecule has 2 aromatic carbocycles. The van der Waals surface area contributed by atoms with Gasteiger partial charge in [0, 0.05) is 0 Å². The summed E-state index contributed by atoms with van der Waals surface area (Å²) in [4.78, 5) is 36.1. The molecular formula is C29H38O7. The van der Waals surface area contributed by atoms with Gasteiger partial charge in [-0.05, 0) is 62.6 Å². The van der Waals surface area contributed by atoms with Crippen molar-refractivity contribution in [2.45, 2.75) is 78.4 Å². The minimum absolute atomic E-state index is 0.179. The Kier molecular flexibility index (Phi) is 12.5. The fraction of sp³-hybridized carbons (Fsp3) is 0.483. The number of esters is 3. The van der Waals surface area contributed by atoms with Crippen LogP contribution in [0.2, 0.25) is 0 Å². The number of hydrogen-bond acceptors (Lipinski definition) is 7. The van der Waals surface area contributed by atoms with E-state index >= 15 is 0 Å². The first-order valence-electron chi connectivity index (χ1n) is 12.8. The Balaban J connectivity index is 1.82. The predicted molar refractivity (Wildman–Crippen MR) is 138 cm³/mol. The van der Waals surface area contributed by atoms with E-state index in [1.807, 2.05) is 36.4 Å². The largest absolute Gasteiger partial charge is 0.494 e. The Morgan fingerprint density at radius 2 is 1.25 bits per heavy atom. The first kappa shape index (κ1) is 28.9. The van der Waals surface area contributed by atoms with E-state index in [0.717, 1.165) is 29.9 Å². The highest BCUT2D eigenvalue weighted by molar-refractivity contribution is 5.92. The number of hydrogen-bond donors (Lipinski definition) is 0. The highest BCUT2D eigenvalue weighted by atomic mass is 16.6. The molecule has 0 radical (unpaired) electrons. The van der Waals surface area contributed by atoms with Crippen LogP contribution >= 0.6 is 0 Å². The summed E-state index contributed by atoms with van der Waals surface area (Å²) in [5.74, 6) is -1.30. The molecule has 2 rings (SSSR count). The van der Waals surface area contributed by atoms with Crippen LogP contribution in [0.4, 0.5) is 0 Å². The Labute approximate surface area is 214 Å². The topological polar surface area (TPSA) is 88.1 Å². The van der Waals surface area contributed by atoms with Gasteiger partial charge in [-0.3, -0.25) is 0 Å². The molecule has 0 aliphatic carbocycles. The zero-order chi connectivity index (χ0) is 26.3. The van der Waals surface area contributed by atoms with Gasteiger partial charge in [0.25, 0.3) is 0 Å². The second-order valence-corrected chi connectivity index (χ2v) is 8.60.